The zero-order valence-electron chi connectivity index (χ0n) is 12.8. The van der Waals surface area contributed by atoms with Gasteiger partial charge in [-0.15, -0.1) is 0 Å². The summed E-state index contributed by atoms with van der Waals surface area (Å²) in [5.74, 6) is 1.26. The zero-order valence-corrected chi connectivity index (χ0v) is 12.8. The third kappa shape index (κ3) is 4.42. The smallest absolute Gasteiger partial charge is 0.212 e. The average molecular weight is 283 g/mol. The maximum absolute atomic E-state index is 12.3. The van der Waals surface area contributed by atoms with Crippen molar-refractivity contribution in [3.8, 4) is 5.88 Å². The topological polar surface area (TPSA) is 39.2 Å². The van der Waals surface area contributed by atoms with Crippen LogP contribution in [-0.2, 0) is 12.8 Å². The second-order valence-electron chi connectivity index (χ2n) is 5.61. The van der Waals surface area contributed by atoms with Crippen LogP contribution in [0.15, 0.2) is 42.6 Å². The molecule has 0 saturated heterocycles. The van der Waals surface area contributed by atoms with Gasteiger partial charge in [-0.2, -0.15) is 0 Å². The fraction of sp³-hybridized carbons (Fsp3) is 0.333. The molecule has 0 aliphatic carbocycles. The molecule has 0 radical (unpaired) electrons. The molecule has 0 atom stereocenters. The van der Waals surface area contributed by atoms with Crippen molar-refractivity contribution in [3.63, 3.8) is 0 Å². The van der Waals surface area contributed by atoms with Crippen molar-refractivity contribution in [1.29, 1.82) is 0 Å². The summed E-state index contributed by atoms with van der Waals surface area (Å²) in [5, 5.41) is 0. The number of ketones is 1. The summed E-state index contributed by atoms with van der Waals surface area (Å²) in [6, 6.07) is 11.6. The molecule has 1 aromatic heterocycles. The maximum Gasteiger partial charge on any atom is 0.212 e. The summed E-state index contributed by atoms with van der Waals surface area (Å²) in [7, 11) is 1.58. The van der Waals surface area contributed by atoms with Crippen molar-refractivity contribution >= 4 is 5.78 Å². The van der Waals surface area contributed by atoms with Crippen LogP contribution in [0.2, 0.25) is 0 Å². The first kappa shape index (κ1) is 15.2. The number of benzene rings is 1. The molecule has 0 spiro atoms. The molecule has 0 fully saturated rings. The van der Waals surface area contributed by atoms with Crippen LogP contribution in [-0.4, -0.2) is 17.9 Å². The van der Waals surface area contributed by atoms with Crippen molar-refractivity contribution in [2.75, 3.05) is 7.11 Å². The lowest BCUT2D eigenvalue weighted by molar-refractivity contribution is 0.0992. The number of Topliss-reactive ketones (excluding diaryl/α,β-unsaturated/α-hetero) is 1. The minimum Gasteiger partial charge on any atom is -0.481 e. The molecule has 0 aliphatic heterocycles. The van der Waals surface area contributed by atoms with Crippen LogP contribution < -0.4 is 4.74 Å². The number of pyridine rings is 1. The summed E-state index contributed by atoms with van der Waals surface area (Å²) in [4.78, 5) is 16.5. The standard InChI is InChI=1S/C18H21NO2/c1-13(2)9-14-5-4-6-16(10-14)17(20)11-15-7-8-18(21-3)19-12-15/h4-8,10,12-13H,9,11H2,1-3H3. The second-order valence-corrected chi connectivity index (χ2v) is 5.61. The van der Waals surface area contributed by atoms with E-state index in [1.165, 1.54) is 5.56 Å². The predicted octanol–water partition coefficient (Wildman–Crippen LogP) is 3.71. The molecule has 0 bridgehead atoms. The Balaban J connectivity index is 2.08. The van der Waals surface area contributed by atoms with E-state index in [-0.39, 0.29) is 5.78 Å². The van der Waals surface area contributed by atoms with Gasteiger partial charge < -0.3 is 4.74 Å². The molecule has 0 unspecified atom stereocenters. The molecule has 21 heavy (non-hydrogen) atoms. The molecule has 1 aromatic carbocycles. The highest BCUT2D eigenvalue weighted by atomic mass is 16.5. The molecule has 110 valence electrons. The quantitative estimate of drug-likeness (QED) is 0.759. The van der Waals surface area contributed by atoms with Gasteiger partial charge in [0.2, 0.25) is 5.88 Å². The van der Waals surface area contributed by atoms with Gasteiger partial charge in [-0.3, -0.25) is 4.79 Å². The van der Waals surface area contributed by atoms with E-state index in [0.29, 0.717) is 18.2 Å². The van der Waals surface area contributed by atoms with Crippen molar-refractivity contribution in [2.24, 2.45) is 5.92 Å². The number of carbonyl (C=O) groups excluding carboxylic acids is 1. The molecular weight excluding hydrogens is 262 g/mol. The maximum atomic E-state index is 12.3. The van der Waals surface area contributed by atoms with Gasteiger partial charge in [0.05, 0.1) is 7.11 Å². The number of rotatable bonds is 6. The number of ether oxygens (including phenoxy) is 1. The molecule has 3 nitrogen and oxygen atoms in total. The van der Waals surface area contributed by atoms with Gasteiger partial charge in [0.1, 0.15) is 0 Å². The van der Waals surface area contributed by atoms with Gasteiger partial charge in [0.25, 0.3) is 0 Å². The molecular formula is C18H21NO2. The van der Waals surface area contributed by atoms with Crippen LogP contribution in [0.25, 0.3) is 0 Å². The molecule has 0 N–H and O–H groups in total. The van der Waals surface area contributed by atoms with Gasteiger partial charge in [0, 0.05) is 24.2 Å². The number of nitrogens with zero attached hydrogens (tertiary/aromatic N) is 1. The van der Waals surface area contributed by atoms with Crippen molar-refractivity contribution < 1.29 is 9.53 Å². The Bertz CT molecular complexity index is 603. The Morgan fingerprint density at radius 3 is 2.62 bits per heavy atom. The lowest BCUT2D eigenvalue weighted by Gasteiger charge is -2.07. The zero-order chi connectivity index (χ0) is 15.2. The Hall–Kier alpha value is -2.16. The van der Waals surface area contributed by atoms with E-state index in [0.717, 1.165) is 17.5 Å². The van der Waals surface area contributed by atoms with E-state index in [1.807, 2.05) is 24.3 Å². The first-order chi connectivity index (χ1) is 10.1. The number of carbonyl (C=O) groups is 1. The van der Waals surface area contributed by atoms with Crippen LogP contribution in [0, 0.1) is 5.92 Å². The number of hydrogen-bond acceptors (Lipinski definition) is 3. The van der Waals surface area contributed by atoms with E-state index in [9.17, 15) is 4.79 Å². The third-order valence-corrected chi connectivity index (χ3v) is 3.26. The molecule has 2 rings (SSSR count). The van der Waals surface area contributed by atoms with E-state index in [4.69, 9.17) is 4.74 Å². The Morgan fingerprint density at radius 1 is 1.19 bits per heavy atom. The van der Waals surface area contributed by atoms with E-state index < -0.39 is 0 Å². The third-order valence-electron chi connectivity index (χ3n) is 3.26. The van der Waals surface area contributed by atoms with Gasteiger partial charge in [-0.25, -0.2) is 4.98 Å². The van der Waals surface area contributed by atoms with Crippen molar-refractivity contribution in [3.05, 3.63) is 59.3 Å². The number of hydrogen-bond donors (Lipinski definition) is 0. The molecule has 2 aromatic rings. The summed E-state index contributed by atoms with van der Waals surface area (Å²) >= 11 is 0. The van der Waals surface area contributed by atoms with Crippen LogP contribution in [0.4, 0.5) is 0 Å². The van der Waals surface area contributed by atoms with Crippen LogP contribution in [0.1, 0.15) is 35.3 Å². The summed E-state index contributed by atoms with van der Waals surface area (Å²) in [6.45, 7) is 4.36. The Kier molecular flexibility index (Phi) is 5.09. The van der Waals surface area contributed by atoms with Crippen LogP contribution in [0.3, 0.4) is 0 Å². The van der Waals surface area contributed by atoms with Gasteiger partial charge in [-0.05, 0) is 29.5 Å². The number of methoxy groups -OCH3 is 1. The number of aromatic nitrogens is 1. The highest BCUT2D eigenvalue weighted by Crippen LogP contribution is 2.14. The largest absolute Gasteiger partial charge is 0.481 e. The van der Waals surface area contributed by atoms with Gasteiger partial charge in [0.15, 0.2) is 5.78 Å². The SMILES string of the molecule is COc1ccc(CC(=O)c2cccc(CC(C)C)c2)cn1. The minimum absolute atomic E-state index is 0.118. The highest BCUT2D eigenvalue weighted by molar-refractivity contribution is 5.97. The van der Waals surface area contributed by atoms with Crippen LogP contribution >= 0.6 is 0 Å². The Morgan fingerprint density at radius 2 is 2.00 bits per heavy atom. The highest BCUT2D eigenvalue weighted by Gasteiger charge is 2.09. The minimum atomic E-state index is 0.118. The monoisotopic (exact) mass is 283 g/mol. The first-order valence-electron chi connectivity index (χ1n) is 7.19. The lowest BCUT2D eigenvalue weighted by atomic mass is 9.98. The molecule has 3 heteroatoms. The normalized spacial score (nSPS) is 10.7. The average Bonchev–Trinajstić information content (AvgIpc) is 2.47. The molecule has 0 aliphatic rings. The predicted molar refractivity (Wildman–Crippen MR) is 83.8 cm³/mol. The lowest BCUT2D eigenvalue weighted by Crippen LogP contribution is -2.05. The van der Waals surface area contributed by atoms with Gasteiger partial charge >= 0.3 is 0 Å². The summed E-state index contributed by atoms with van der Waals surface area (Å²) < 4.78 is 5.02. The second kappa shape index (κ2) is 7.02. The summed E-state index contributed by atoms with van der Waals surface area (Å²) in [5.41, 5.74) is 2.88. The molecule has 1 heterocycles. The Labute approximate surface area is 126 Å². The molecule has 0 amide bonds. The first-order valence-corrected chi connectivity index (χ1v) is 7.19. The van der Waals surface area contributed by atoms with Crippen molar-refractivity contribution in [1.82, 2.24) is 4.98 Å². The van der Waals surface area contributed by atoms with Gasteiger partial charge in [-0.1, -0.05) is 38.1 Å². The fourth-order valence-electron chi connectivity index (χ4n) is 2.27. The van der Waals surface area contributed by atoms with E-state index in [1.54, 1.807) is 19.4 Å². The van der Waals surface area contributed by atoms with Crippen LogP contribution in [0.5, 0.6) is 5.88 Å². The summed E-state index contributed by atoms with van der Waals surface area (Å²) in [6.07, 6.45) is 3.04. The van der Waals surface area contributed by atoms with E-state index in [2.05, 4.69) is 24.9 Å². The van der Waals surface area contributed by atoms with E-state index >= 15 is 0 Å². The fourth-order valence-corrected chi connectivity index (χ4v) is 2.27. The molecule has 0 saturated carbocycles. The van der Waals surface area contributed by atoms with Crippen molar-refractivity contribution in [2.45, 2.75) is 26.7 Å².